The number of nitrogens with one attached hydrogen (secondary N) is 1. The lowest BCUT2D eigenvalue weighted by molar-refractivity contribution is -0.148. The summed E-state index contributed by atoms with van der Waals surface area (Å²) in [5, 5.41) is 15.8. The summed E-state index contributed by atoms with van der Waals surface area (Å²) in [5.74, 6) is -0.940. The van der Waals surface area contributed by atoms with Gasteiger partial charge in [-0.25, -0.2) is 9.59 Å². The number of rotatable bonds is 2. The number of aliphatic carboxylic acids is 1. The molecule has 1 aromatic rings. The molecule has 1 aromatic heterocycles. The van der Waals surface area contributed by atoms with E-state index in [1.165, 1.54) is 16.2 Å². The average Bonchev–Trinajstić information content (AvgIpc) is 2.79. The lowest BCUT2D eigenvalue weighted by atomic mass is 9.76. The molecule has 1 aliphatic heterocycles. The number of carbonyl (C=O) groups is 2. The van der Waals surface area contributed by atoms with Gasteiger partial charge in [0.25, 0.3) is 0 Å². The number of likely N-dealkylation sites (tertiary alicyclic amines) is 1. The lowest BCUT2D eigenvalue weighted by Gasteiger charge is -2.43. The number of carboxylic acid groups (broad SMARTS) is 1. The van der Waals surface area contributed by atoms with E-state index in [1.54, 1.807) is 6.07 Å². The molecule has 0 radical (unpaired) electrons. The van der Waals surface area contributed by atoms with Gasteiger partial charge in [0.05, 0.1) is 5.69 Å². The summed E-state index contributed by atoms with van der Waals surface area (Å²) in [7, 11) is 0. The second-order valence-electron chi connectivity index (χ2n) is 5.47. The van der Waals surface area contributed by atoms with Crippen molar-refractivity contribution in [1.29, 1.82) is 0 Å². The van der Waals surface area contributed by atoms with E-state index in [9.17, 15) is 14.7 Å². The summed E-state index contributed by atoms with van der Waals surface area (Å²) in [6.45, 7) is 4.28. The molecule has 6 heteroatoms. The fourth-order valence-electron chi connectivity index (χ4n) is 2.61. The van der Waals surface area contributed by atoms with E-state index in [-0.39, 0.29) is 6.03 Å². The first-order valence-corrected chi connectivity index (χ1v) is 7.19. The van der Waals surface area contributed by atoms with Gasteiger partial charge in [0, 0.05) is 11.9 Å². The van der Waals surface area contributed by atoms with Crippen LogP contribution in [-0.4, -0.2) is 34.6 Å². The molecule has 1 unspecified atom stereocenters. The maximum atomic E-state index is 12.2. The van der Waals surface area contributed by atoms with Crippen LogP contribution in [0.25, 0.3) is 0 Å². The van der Waals surface area contributed by atoms with Crippen molar-refractivity contribution in [3.8, 4) is 0 Å². The number of urea groups is 1. The van der Waals surface area contributed by atoms with Crippen molar-refractivity contribution in [2.24, 2.45) is 5.41 Å². The highest BCUT2D eigenvalue weighted by Gasteiger charge is 2.44. The highest BCUT2D eigenvalue weighted by atomic mass is 32.1. The molecule has 104 valence electrons. The molecule has 2 rings (SSSR count). The molecular formula is C13H18N2O3S. The zero-order valence-electron chi connectivity index (χ0n) is 11.0. The van der Waals surface area contributed by atoms with Crippen molar-refractivity contribution in [2.75, 3.05) is 11.9 Å². The Balaban J connectivity index is 2.16. The summed E-state index contributed by atoms with van der Waals surface area (Å²) in [6.07, 6.45) is 1.64. The first kappa shape index (κ1) is 13.9. The Labute approximate surface area is 116 Å². The molecule has 19 heavy (non-hydrogen) atoms. The van der Waals surface area contributed by atoms with Gasteiger partial charge in [0.2, 0.25) is 0 Å². The monoisotopic (exact) mass is 282 g/mol. The Morgan fingerprint density at radius 2 is 2.26 bits per heavy atom. The number of thiophene rings is 1. The average molecular weight is 282 g/mol. The maximum absolute atomic E-state index is 12.2. The van der Waals surface area contributed by atoms with Crippen LogP contribution in [0, 0.1) is 5.41 Å². The van der Waals surface area contributed by atoms with E-state index in [1.807, 2.05) is 24.6 Å². The topological polar surface area (TPSA) is 69.6 Å². The standard InChI is InChI=1S/C13H18N2O3S/c1-13(2)5-3-6-15(10(13)11(16)17)12(18)14-9-4-7-19-8-9/h4,7-8,10H,3,5-6H2,1-2H3,(H,14,18)(H,16,17). The second kappa shape index (κ2) is 5.21. The summed E-state index contributed by atoms with van der Waals surface area (Å²) < 4.78 is 0. The number of anilines is 1. The molecule has 2 heterocycles. The van der Waals surface area contributed by atoms with Crippen LogP contribution in [0.4, 0.5) is 10.5 Å². The summed E-state index contributed by atoms with van der Waals surface area (Å²) in [4.78, 5) is 25.1. The number of hydrogen-bond donors (Lipinski definition) is 2. The van der Waals surface area contributed by atoms with Crippen LogP contribution in [0.3, 0.4) is 0 Å². The molecule has 0 aliphatic carbocycles. The number of nitrogens with zero attached hydrogens (tertiary/aromatic N) is 1. The van der Waals surface area contributed by atoms with Gasteiger partial charge in [-0.2, -0.15) is 11.3 Å². The third kappa shape index (κ3) is 2.89. The molecule has 1 aliphatic rings. The van der Waals surface area contributed by atoms with E-state index < -0.39 is 17.4 Å². The fourth-order valence-corrected chi connectivity index (χ4v) is 3.20. The normalized spacial score (nSPS) is 22.0. The van der Waals surface area contributed by atoms with E-state index >= 15 is 0 Å². The molecule has 2 N–H and O–H groups in total. The lowest BCUT2D eigenvalue weighted by Crippen LogP contribution is -2.57. The highest BCUT2D eigenvalue weighted by Crippen LogP contribution is 2.35. The number of hydrogen-bond acceptors (Lipinski definition) is 3. The first-order valence-electron chi connectivity index (χ1n) is 6.24. The van der Waals surface area contributed by atoms with Crippen LogP contribution >= 0.6 is 11.3 Å². The van der Waals surface area contributed by atoms with Gasteiger partial charge in [-0.3, -0.25) is 0 Å². The van der Waals surface area contributed by atoms with Crippen molar-refractivity contribution in [1.82, 2.24) is 4.90 Å². The van der Waals surface area contributed by atoms with Crippen LogP contribution in [0.2, 0.25) is 0 Å². The number of carboxylic acids is 1. The number of piperidine rings is 1. The zero-order chi connectivity index (χ0) is 14.0. The Morgan fingerprint density at radius 3 is 2.84 bits per heavy atom. The van der Waals surface area contributed by atoms with Crippen molar-refractivity contribution < 1.29 is 14.7 Å². The Bertz CT molecular complexity index is 470. The Hall–Kier alpha value is -1.56. The van der Waals surface area contributed by atoms with Crippen LogP contribution in [0.15, 0.2) is 16.8 Å². The van der Waals surface area contributed by atoms with E-state index in [0.29, 0.717) is 12.2 Å². The predicted octanol–water partition coefficient (Wildman–Crippen LogP) is 2.86. The Morgan fingerprint density at radius 1 is 1.53 bits per heavy atom. The molecule has 1 atom stereocenters. The minimum atomic E-state index is -0.940. The van der Waals surface area contributed by atoms with Gasteiger partial charge in [-0.05, 0) is 29.7 Å². The number of amides is 2. The van der Waals surface area contributed by atoms with Crippen molar-refractivity contribution >= 4 is 29.0 Å². The quantitative estimate of drug-likeness (QED) is 0.876. The van der Waals surface area contributed by atoms with Crippen molar-refractivity contribution in [2.45, 2.75) is 32.7 Å². The third-order valence-electron chi connectivity index (χ3n) is 3.54. The van der Waals surface area contributed by atoms with Gasteiger partial charge in [0.15, 0.2) is 0 Å². The second-order valence-corrected chi connectivity index (χ2v) is 6.25. The molecule has 0 aromatic carbocycles. The van der Waals surface area contributed by atoms with Gasteiger partial charge in [-0.15, -0.1) is 0 Å². The minimum absolute atomic E-state index is 0.335. The van der Waals surface area contributed by atoms with Gasteiger partial charge in [0.1, 0.15) is 6.04 Å². The van der Waals surface area contributed by atoms with Crippen LogP contribution in [0.5, 0.6) is 0 Å². The highest BCUT2D eigenvalue weighted by molar-refractivity contribution is 7.08. The predicted molar refractivity (Wildman–Crippen MR) is 74.5 cm³/mol. The molecule has 5 nitrogen and oxygen atoms in total. The molecule has 1 fully saturated rings. The maximum Gasteiger partial charge on any atom is 0.327 e. The minimum Gasteiger partial charge on any atom is -0.480 e. The largest absolute Gasteiger partial charge is 0.480 e. The summed E-state index contributed by atoms with van der Waals surface area (Å²) in [6, 6.07) is 0.687. The molecule has 1 saturated heterocycles. The summed E-state index contributed by atoms with van der Waals surface area (Å²) in [5.41, 5.74) is 0.304. The molecule has 2 amide bonds. The van der Waals surface area contributed by atoms with Crippen molar-refractivity contribution in [3.63, 3.8) is 0 Å². The van der Waals surface area contributed by atoms with Gasteiger partial charge >= 0.3 is 12.0 Å². The van der Waals surface area contributed by atoms with Crippen LogP contribution < -0.4 is 5.32 Å². The fraction of sp³-hybridized carbons (Fsp3) is 0.538. The van der Waals surface area contributed by atoms with E-state index in [0.717, 1.165) is 12.8 Å². The number of carbonyl (C=O) groups excluding carboxylic acids is 1. The van der Waals surface area contributed by atoms with Crippen LogP contribution in [0.1, 0.15) is 26.7 Å². The SMILES string of the molecule is CC1(C)CCCN(C(=O)Nc2ccsc2)C1C(=O)O. The molecule has 0 bridgehead atoms. The zero-order valence-corrected chi connectivity index (χ0v) is 11.9. The Kier molecular flexibility index (Phi) is 3.80. The van der Waals surface area contributed by atoms with E-state index in [2.05, 4.69) is 5.32 Å². The van der Waals surface area contributed by atoms with E-state index in [4.69, 9.17) is 0 Å². The summed E-state index contributed by atoms with van der Waals surface area (Å²) >= 11 is 1.49. The van der Waals surface area contributed by atoms with Gasteiger partial charge < -0.3 is 15.3 Å². The molecule has 0 spiro atoms. The first-order chi connectivity index (χ1) is 8.92. The molecule has 0 saturated carbocycles. The molecular weight excluding hydrogens is 264 g/mol. The van der Waals surface area contributed by atoms with Gasteiger partial charge in [-0.1, -0.05) is 13.8 Å². The third-order valence-corrected chi connectivity index (χ3v) is 4.22. The van der Waals surface area contributed by atoms with Crippen molar-refractivity contribution in [3.05, 3.63) is 16.8 Å². The smallest absolute Gasteiger partial charge is 0.327 e. The van der Waals surface area contributed by atoms with Crippen LogP contribution in [-0.2, 0) is 4.79 Å².